The topological polar surface area (TPSA) is 49.6 Å². The van der Waals surface area contributed by atoms with Gasteiger partial charge in [-0.1, -0.05) is 12.2 Å². The molecule has 1 atom stereocenters. The number of nitrogens with zero attached hydrogens (tertiary/aromatic N) is 6. The van der Waals surface area contributed by atoms with Crippen molar-refractivity contribution in [3.8, 4) is 0 Å². The van der Waals surface area contributed by atoms with Crippen LogP contribution in [0.2, 0.25) is 0 Å². The molecule has 2 aromatic rings. The number of rotatable bonds is 3. The summed E-state index contributed by atoms with van der Waals surface area (Å²) < 4.78 is 1.92. The molecule has 6 heteroatoms. The van der Waals surface area contributed by atoms with E-state index < -0.39 is 0 Å². The van der Waals surface area contributed by atoms with Crippen molar-refractivity contribution in [2.75, 3.05) is 37.6 Å². The van der Waals surface area contributed by atoms with Gasteiger partial charge < -0.3 is 4.90 Å². The van der Waals surface area contributed by atoms with E-state index in [1.54, 1.807) is 6.20 Å². The van der Waals surface area contributed by atoms with Gasteiger partial charge in [0.1, 0.15) is 5.82 Å². The van der Waals surface area contributed by atoms with Gasteiger partial charge in [-0.2, -0.15) is 4.52 Å². The van der Waals surface area contributed by atoms with Gasteiger partial charge in [-0.25, -0.2) is 4.98 Å². The Bertz CT molecular complexity index is 698. The zero-order valence-corrected chi connectivity index (χ0v) is 13.7. The molecule has 23 heavy (non-hydrogen) atoms. The molecule has 0 N–H and O–H groups in total. The molecule has 4 rings (SSSR count). The normalized spacial score (nSPS) is 22.8. The lowest BCUT2D eigenvalue weighted by molar-refractivity contribution is 0.211. The SMILES string of the molecule is Cc1nc2cncc(N3CCN(CC4CC=CCC4)CC3)n2n1. The Morgan fingerprint density at radius 3 is 2.78 bits per heavy atom. The Hall–Kier alpha value is -1.95. The number of hydrogen-bond donors (Lipinski definition) is 0. The summed E-state index contributed by atoms with van der Waals surface area (Å²) in [6.07, 6.45) is 12.2. The fourth-order valence-corrected chi connectivity index (χ4v) is 3.67. The minimum atomic E-state index is 0.795. The third kappa shape index (κ3) is 3.08. The third-order valence-corrected chi connectivity index (χ3v) is 4.93. The number of piperazine rings is 1. The molecule has 1 unspecified atom stereocenters. The summed E-state index contributed by atoms with van der Waals surface area (Å²) in [6.45, 7) is 7.45. The molecule has 3 heterocycles. The molecule has 6 nitrogen and oxygen atoms in total. The van der Waals surface area contributed by atoms with Gasteiger partial charge >= 0.3 is 0 Å². The van der Waals surface area contributed by atoms with Gasteiger partial charge in [0.25, 0.3) is 0 Å². The number of aryl methyl sites for hydroxylation is 1. The summed E-state index contributed by atoms with van der Waals surface area (Å²) in [4.78, 5) is 13.7. The van der Waals surface area contributed by atoms with Crippen molar-refractivity contribution in [3.63, 3.8) is 0 Å². The van der Waals surface area contributed by atoms with Gasteiger partial charge in [0.2, 0.25) is 0 Å². The lowest BCUT2D eigenvalue weighted by atomic mass is 9.94. The highest BCUT2D eigenvalue weighted by Gasteiger charge is 2.22. The predicted molar refractivity (Wildman–Crippen MR) is 90.7 cm³/mol. The van der Waals surface area contributed by atoms with Crippen molar-refractivity contribution < 1.29 is 0 Å². The molecule has 1 fully saturated rings. The summed E-state index contributed by atoms with van der Waals surface area (Å²) in [5, 5.41) is 4.50. The number of fused-ring (bicyclic) bond motifs is 1. The standard InChI is InChI=1S/C17H24N6/c1-14-19-16-11-18-12-17(23(16)20-14)22-9-7-21(8-10-22)13-15-5-3-2-4-6-15/h2-3,11-12,15H,4-10,13H2,1H3. The van der Waals surface area contributed by atoms with Crippen molar-refractivity contribution in [2.45, 2.75) is 26.2 Å². The second kappa shape index (κ2) is 6.28. The maximum atomic E-state index is 4.50. The van der Waals surface area contributed by atoms with E-state index >= 15 is 0 Å². The van der Waals surface area contributed by atoms with E-state index in [9.17, 15) is 0 Å². The summed E-state index contributed by atoms with van der Waals surface area (Å²) >= 11 is 0. The minimum Gasteiger partial charge on any atom is -0.353 e. The molecule has 2 aliphatic rings. The quantitative estimate of drug-likeness (QED) is 0.810. The van der Waals surface area contributed by atoms with E-state index in [0.717, 1.165) is 49.4 Å². The molecule has 1 aliphatic heterocycles. The van der Waals surface area contributed by atoms with Crippen LogP contribution < -0.4 is 4.90 Å². The van der Waals surface area contributed by atoms with E-state index in [0.29, 0.717) is 0 Å². The van der Waals surface area contributed by atoms with E-state index in [1.807, 2.05) is 17.6 Å². The number of hydrogen-bond acceptors (Lipinski definition) is 5. The Balaban J connectivity index is 1.41. The zero-order valence-electron chi connectivity index (χ0n) is 13.7. The van der Waals surface area contributed by atoms with Crippen molar-refractivity contribution in [3.05, 3.63) is 30.4 Å². The maximum absolute atomic E-state index is 4.50. The third-order valence-electron chi connectivity index (χ3n) is 4.93. The van der Waals surface area contributed by atoms with Crippen LogP contribution in [0.15, 0.2) is 24.5 Å². The first-order valence-electron chi connectivity index (χ1n) is 8.59. The van der Waals surface area contributed by atoms with Gasteiger partial charge in [-0.05, 0) is 32.1 Å². The maximum Gasteiger partial charge on any atom is 0.176 e. The van der Waals surface area contributed by atoms with Crippen LogP contribution in [0.3, 0.4) is 0 Å². The molecule has 1 saturated heterocycles. The van der Waals surface area contributed by atoms with E-state index in [2.05, 4.69) is 37.0 Å². The van der Waals surface area contributed by atoms with Crippen LogP contribution in [0.5, 0.6) is 0 Å². The first kappa shape index (κ1) is 14.6. The molecule has 0 bridgehead atoms. The highest BCUT2D eigenvalue weighted by molar-refractivity contribution is 5.47. The Morgan fingerprint density at radius 2 is 2.00 bits per heavy atom. The zero-order chi connectivity index (χ0) is 15.6. The summed E-state index contributed by atoms with van der Waals surface area (Å²) in [6, 6.07) is 0. The number of aromatic nitrogens is 4. The van der Waals surface area contributed by atoms with Crippen LogP contribution in [0.25, 0.3) is 5.65 Å². The van der Waals surface area contributed by atoms with Crippen molar-refractivity contribution >= 4 is 11.5 Å². The smallest absolute Gasteiger partial charge is 0.176 e. The molecular formula is C17H24N6. The highest BCUT2D eigenvalue weighted by atomic mass is 15.4. The number of allylic oxidation sites excluding steroid dienone is 2. The number of anilines is 1. The molecule has 0 spiro atoms. The molecule has 2 aromatic heterocycles. The van der Waals surface area contributed by atoms with Crippen LogP contribution in [0, 0.1) is 12.8 Å². The molecular weight excluding hydrogens is 288 g/mol. The summed E-state index contributed by atoms with van der Waals surface area (Å²) in [5.41, 5.74) is 0.830. The fraction of sp³-hybridized carbons (Fsp3) is 0.588. The Morgan fingerprint density at radius 1 is 1.13 bits per heavy atom. The first-order valence-corrected chi connectivity index (χ1v) is 8.59. The van der Waals surface area contributed by atoms with Gasteiger partial charge in [0.15, 0.2) is 11.5 Å². The fourth-order valence-electron chi connectivity index (χ4n) is 3.67. The molecule has 1 aliphatic carbocycles. The van der Waals surface area contributed by atoms with Crippen LogP contribution in [-0.4, -0.2) is 57.2 Å². The van der Waals surface area contributed by atoms with Crippen LogP contribution in [0.1, 0.15) is 25.1 Å². The van der Waals surface area contributed by atoms with E-state index in [-0.39, 0.29) is 0 Å². The lowest BCUT2D eigenvalue weighted by Gasteiger charge is -2.37. The second-order valence-electron chi connectivity index (χ2n) is 6.63. The van der Waals surface area contributed by atoms with Crippen LogP contribution in [0.4, 0.5) is 5.82 Å². The van der Waals surface area contributed by atoms with Crippen LogP contribution in [-0.2, 0) is 0 Å². The largest absolute Gasteiger partial charge is 0.353 e. The Kier molecular flexibility index (Phi) is 3.99. The van der Waals surface area contributed by atoms with Gasteiger partial charge in [0.05, 0.1) is 12.4 Å². The lowest BCUT2D eigenvalue weighted by Crippen LogP contribution is -2.48. The first-order chi connectivity index (χ1) is 11.3. The van der Waals surface area contributed by atoms with Crippen molar-refractivity contribution in [1.29, 1.82) is 0 Å². The average molecular weight is 312 g/mol. The second-order valence-corrected chi connectivity index (χ2v) is 6.63. The summed E-state index contributed by atoms with van der Waals surface area (Å²) in [5.74, 6) is 2.70. The molecule has 0 amide bonds. The van der Waals surface area contributed by atoms with E-state index in [4.69, 9.17) is 0 Å². The van der Waals surface area contributed by atoms with E-state index in [1.165, 1.54) is 25.8 Å². The minimum absolute atomic E-state index is 0.795. The van der Waals surface area contributed by atoms with Crippen molar-refractivity contribution in [2.24, 2.45) is 5.92 Å². The highest BCUT2D eigenvalue weighted by Crippen LogP contribution is 2.21. The summed E-state index contributed by atoms with van der Waals surface area (Å²) in [7, 11) is 0. The molecule has 0 saturated carbocycles. The molecule has 0 radical (unpaired) electrons. The monoisotopic (exact) mass is 312 g/mol. The predicted octanol–water partition coefficient (Wildman–Crippen LogP) is 1.91. The van der Waals surface area contributed by atoms with Crippen molar-refractivity contribution in [1.82, 2.24) is 24.5 Å². The van der Waals surface area contributed by atoms with Gasteiger partial charge in [-0.3, -0.25) is 9.88 Å². The molecule has 0 aromatic carbocycles. The van der Waals surface area contributed by atoms with Gasteiger partial charge in [-0.15, -0.1) is 5.10 Å². The molecule has 122 valence electrons. The van der Waals surface area contributed by atoms with Gasteiger partial charge in [0, 0.05) is 32.7 Å². The van der Waals surface area contributed by atoms with Crippen LogP contribution >= 0.6 is 0 Å². The average Bonchev–Trinajstić information content (AvgIpc) is 2.97. The Labute approximate surface area is 136 Å².